The third-order valence-corrected chi connectivity index (χ3v) is 3.31. The molecular weight excluding hydrogens is 234 g/mol. The normalized spacial score (nSPS) is 10.4. The molecule has 1 aromatic heterocycles. The molecule has 1 heterocycles. The Bertz CT molecular complexity index is 467. The Labute approximate surface area is 104 Å². The average Bonchev–Trinajstić information content (AvgIpc) is 2.76. The molecule has 1 aromatic carbocycles. The number of hydrogen-bond acceptors (Lipinski definition) is 5. The van der Waals surface area contributed by atoms with Gasteiger partial charge in [0.05, 0.1) is 7.11 Å². The second-order valence-corrected chi connectivity index (χ2v) is 4.83. The molecule has 0 saturated carbocycles. The molecule has 0 aliphatic carbocycles. The number of aromatic nitrogens is 2. The third kappa shape index (κ3) is 3.42. The van der Waals surface area contributed by atoms with Crippen molar-refractivity contribution in [3.8, 4) is 5.75 Å². The van der Waals surface area contributed by atoms with Crippen LogP contribution in [0.3, 0.4) is 0 Å². The molecule has 0 aliphatic heterocycles. The van der Waals surface area contributed by atoms with E-state index in [1.165, 1.54) is 16.9 Å². The van der Waals surface area contributed by atoms with Gasteiger partial charge in [0.15, 0.2) is 0 Å². The van der Waals surface area contributed by atoms with Gasteiger partial charge in [0.2, 0.25) is 5.13 Å². The number of nitrogens with zero attached hydrogens (tertiary/aromatic N) is 2. The largest absolute Gasteiger partial charge is 0.497 e. The van der Waals surface area contributed by atoms with Crippen LogP contribution in [0.4, 0.5) is 5.13 Å². The van der Waals surface area contributed by atoms with Crippen molar-refractivity contribution in [2.24, 2.45) is 0 Å². The summed E-state index contributed by atoms with van der Waals surface area (Å²) in [7, 11) is 1.68. The van der Waals surface area contributed by atoms with Crippen LogP contribution < -0.4 is 10.5 Å². The summed E-state index contributed by atoms with van der Waals surface area (Å²) in [5.74, 6) is 0.894. The predicted molar refractivity (Wildman–Crippen MR) is 69.3 cm³/mol. The molecule has 0 unspecified atom stereocenters. The van der Waals surface area contributed by atoms with Crippen molar-refractivity contribution in [3.63, 3.8) is 0 Å². The van der Waals surface area contributed by atoms with Gasteiger partial charge in [-0.25, -0.2) is 0 Å². The van der Waals surface area contributed by atoms with E-state index in [1.807, 2.05) is 12.1 Å². The van der Waals surface area contributed by atoms with Crippen LogP contribution in [0.5, 0.6) is 5.75 Å². The van der Waals surface area contributed by atoms with Crippen molar-refractivity contribution in [2.75, 3.05) is 12.8 Å². The van der Waals surface area contributed by atoms with Gasteiger partial charge >= 0.3 is 0 Å². The van der Waals surface area contributed by atoms with E-state index in [4.69, 9.17) is 10.5 Å². The van der Waals surface area contributed by atoms with Crippen molar-refractivity contribution in [2.45, 2.75) is 19.3 Å². The van der Waals surface area contributed by atoms with Crippen molar-refractivity contribution in [1.82, 2.24) is 10.2 Å². The van der Waals surface area contributed by atoms with Gasteiger partial charge in [-0.1, -0.05) is 23.5 Å². The molecule has 0 spiro atoms. The van der Waals surface area contributed by atoms with E-state index in [0.717, 1.165) is 30.0 Å². The van der Waals surface area contributed by atoms with Crippen LogP contribution in [-0.2, 0) is 12.8 Å². The summed E-state index contributed by atoms with van der Waals surface area (Å²) in [6.45, 7) is 0. The first kappa shape index (κ1) is 11.9. The Hall–Kier alpha value is -1.62. The number of rotatable bonds is 5. The summed E-state index contributed by atoms with van der Waals surface area (Å²) >= 11 is 1.46. The molecule has 0 atom stereocenters. The Morgan fingerprint density at radius 3 is 2.53 bits per heavy atom. The zero-order chi connectivity index (χ0) is 12.1. The standard InChI is InChI=1S/C12H15N3OS/c1-16-10-7-5-9(6-8-10)3-2-4-11-14-15-12(13)17-11/h5-8H,2-4H2,1H3,(H2,13,15). The van der Waals surface area contributed by atoms with Gasteiger partial charge in [-0.05, 0) is 30.5 Å². The number of nitrogens with two attached hydrogens (primary N) is 1. The summed E-state index contributed by atoms with van der Waals surface area (Å²) in [5, 5.41) is 9.35. The summed E-state index contributed by atoms with van der Waals surface area (Å²) in [6.07, 6.45) is 3.02. The van der Waals surface area contributed by atoms with Crippen molar-refractivity contribution >= 4 is 16.5 Å². The number of hydrogen-bond donors (Lipinski definition) is 1. The molecular formula is C12H15N3OS. The Morgan fingerprint density at radius 2 is 1.94 bits per heavy atom. The minimum absolute atomic E-state index is 0.546. The molecule has 0 saturated heterocycles. The van der Waals surface area contributed by atoms with Crippen molar-refractivity contribution < 1.29 is 4.74 Å². The van der Waals surface area contributed by atoms with Crippen LogP contribution in [0.1, 0.15) is 17.0 Å². The molecule has 2 N–H and O–H groups in total. The Balaban J connectivity index is 1.81. The predicted octanol–water partition coefficient (Wildman–Crippen LogP) is 2.30. The number of aryl methyl sites for hydroxylation is 2. The van der Waals surface area contributed by atoms with Crippen molar-refractivity contribution in [1.29, 1.82) is 0 Å². The maximum atomic E-state index is 5.52. The van der Waals surface area contributed by atoms with E-state index in [0.29, 0.717) is 5.13 Å². The fourth-order valence-electron chi connectivity index (χ4n) is 1.60. The number of ether oxygens (including phenoxy) is 1. The average molecular weight is 249 g/mol. The smallest absolute Gasteiger partial charge is 0.203 e. The van der Waals surface area contributed by atoms with Crippen LogP contribution in [0, 0.1) is 0 Å². The van der Waals surface area contributed by atoms with Gasteiger partial charge in [0.1, 0.15) is 10.8 Å². The molecule has 0 radical (unpaired) electrons. The van der Waals surface area contributed by atoms with Crippen molar-refractivity contribution in [3.05, 3.63) is 34.8 Å². The lowest BCUT2D eigenvalue weighted by molar-refractivity contribution is 0.414. The van der Waals surface area contributed by atoms with E-state index in [9.17, 15) is 0 Å². The number of methoxy groups -OCH3 is 1. The molecule has 90 valence electrons. The maximum Gasteiger partial charge on any atom is 0.203 e. The molecule has 0 bridgehead atoms. The van der Waals surface area contributed by atoms with Crippen LogP contribution in [0.2, 0.25) is 0 Å². The van der Waals surface area contributed by atoms with E-state index in [2.05, 4.69) is 22.3 Å². The molecule has 0 fully saturated rings. The number of anilines is 1. The summed E-state index contributed by atoms with van der Waals surface area (Å²) in [6, 6.07) is 8.15. The molecule has 2 rings (SSSR count). The lowest BCUT2D eigenvalue weighted by Gasteiger charge is -2.02. The molecule has 0 amide bonds. The van der Waals surface area contributed by atoms with Gasteiger partial charge in [0.25, 0.3) is 0 Å². The summed E-state index contributed by atoms with van der Waals surface area (Å²) in [4.78, 5) is 0. The van der Waals surface area contributed by atoms with Gasteiger partial charge in [0, 0.05) is 6.42 Å². The summed E-state index contributed by atoms with van der Waals surface area (Å²) < 4.78 is 5.12. The SMILES string of the molecule is COc1ccc(CCCc2nnc(N)s2)cc1. The monoisotopic (exact) mass is 249 g/mol. The minimum Gasteiger partial charge on any atom is -0.497 e. The molecule has 17 heavy (non-hydrogen) atoms. The number of nitrogen functional groups attached to an aromatic ring is 1. The van der Waals surface area contributed by atoms with Gasteiger partial charge in [-0.15, -0.1) is 10.2 Å². The highest BCUT2D eigenvalue weighted by molar-refractivity contribution is 7.15. The first-order valence-electron chi connectivity index (χ1n) is 5.48. The Kier molecular flexibility index (Phi) is 3.93. The maximum absolute atomic E-state index is 5.52. The first-order chi connectivity index (χ1) is 8.28. The second-order valence-electron chi connectivity index (χ2n) is 3.74. The number of benzene rings is 1. The lowest BCUT2D eigenvalue weighted by Crippen LogP contribution is -1.90. The highest BCUT2D eigenvalue weighted by atomic mass is 32.1. The zero-order valence-corrected chi connectivity index (χ0v) is 10.5. The second kappa shape index (κ2) is 5.63. The lowest BCUT2D eigenvalue weighted by atomic mass is 10.1. The van der Waals surface area contributed by atoms with Gasteiger partial charge in [-0.3, -0.25) is 0 Å². The molecule has 4 nitrogen and oxygen atoms in total. The van der Waals surface area contributed by atoms with E-state index >= 15 is 0 Å². The van der Waals surface area contributed by atoms with Crippen LogP contribution >= 0.6 is 11.3 Å². The van der Waals surface area contributed by atoms with E-state index in [-0.39, 0.29) is 0 Å². The first-order valence-corrected chi connectivity index (χ1v) is 6.30. The quantitative estimate of drug-likeness (QED) is 0.883. The van der Waals surface area contributed by atoms with Crippen LogP contribution in [-0.4, -0.2) is 17.3 Å². The topological polar surface area (TPSA) is 61.0 Å². The van der Waals surface area contributed by atoms with Crippen LogP contribution in [0.25, 0.3) is 0 Å². The van der Waals surface area contributed by atoms with Gasteiger partial charge in [-0.2, -0.15) is 0 Å². The fourth-order valence-corrected chi connectivity index (χ4v) is 2.25. The van der Waals surface area contributed by atoms with E-state index < -0.39 is 0 Å². The minimum atomic E-state index is 0.546. The highest BCUT2D eigenvalue weighted by Gasteiger charge is 2.01. The molecule has 0 aliphatic rings. The molecule has 2 aromatic rings. The van der Waals surface area contributed by atoms with E-state index in [1.54, 1.807) is 7.11 Å². The zero-order valence-electron chi connectivity index (χ0n) is 9.72. The fraction of sp³-hybridized carbons (Fsp3) is 0.333. The highest BCUT2D eigenvalue weighted by Crippen LogP contribution is 2.16. The van der Waals surface area contributed by atoms with Gasteiger partial charge < -0.3 is 10.5 Å². The molecule has 5 heteroatoms. The van der Waals surface area contributed by atoms with Crippen LogP contribution in [0.15, 0.2) is 24.3 Å². The summed E-state index contributed by atoms with van der Waals surface area (Å²) in [5.41, 5.74) is 6.83. The Morgan fingerprint density at radius 1 is 1.18 bits per heavy atom. The third-order valence-electron chi connectivity index (χ3n) is 2.50.